The molecule has 0 rings (SSSR count). The number of alkyl halides is 9. The lowest BCUT2D eigenvalue weighted by atomic mass is 10.8. The van der Waals surface area contributed by atoms with Crippen LogP contribution in [-0.2, 0) is 9.47 Å². The lowest BCUT2D eigenvalue weighted by Crippen LogP contribution is -2.08. The van der Waals surface area contributed by atoms with Crippen LogP contribution >= 0.6 is 0 Å². The molecule has 0 fully saturated rings. The van der Waals surface area contributed by atoms with E-state index in [1.807, 2.05) is 0 Å². The third-order valence-electron chi connectivity index (χ3n) is 0.696. The molecular weight excluding hydrogens is 524 g/mol. The molecule has 0 atom stereocenters. The second-order valence-electron chi connectivity index (χ2n) is 2.77. The number of hydrogen-bond donors (Lipinski definition) is 0. The summed E-state index contributed by atoms with van der Waals surface area (Å²) in [6.45, 7) is -1.28. The van der Waals surface area contributed by atoms with Gasteiger partial charge in [-0.3, -0.25) is 0 Å². The van der Waals surface area contributed by atoms with Crippen LogP contribution in [0.3, 0.4) is 0 Å². The average molecular weight is 542 g/mol. The molecule has 0 radical (unpaired) electrons. The molecule has 0 aliphatic rings. The van der Waals surface area contributed by atoms with Crippen LogP contribution in [0.2, 0.25) is 0 Å². The molecule has 0 aliphatic carbocycles. The third-order valence-corrected chi connectivity index (χ3v) is 0.696. The summed E-state index contributed by atoms with van der Waals surface area (Å²) >= 11 is 0. The van der Waals surface area contributed by atoms with Gasteiger partial charge in [0, 0.05) is 0 Å². The van der Waals surface area contributed by atoms with E-state index in [1.165, 1.54) is 0 Å². The number of hydrogen-bond acceptors (Lipinski definition) is 4. The standard InChI is InChI=1S/2C3H3F3O.C2H2F4.2CF2O.CH2F2.2CH4/c1-7-3(6)2(4)5;1-2-7-3(4,5)6;3-1-2(4,5)6;2*2-1(3)4;2-1-3;;/h1H3;2H,1H2;1H2;;;1H2;2*1H4. The Balaban J connectivity index is -0.0000000383. The first-order valence-electron chi connectivity index (χ1n) is 5.73. The van der Waals surface area contributed by atoms with E-state index in [0.29, 0.717) is 6.26 Å². The maximum Gasteiger partial charge on any atom is 0.572 e. The van der Waals surface area contributed by atoms with Gasteiger partial charge in [0.05, 0.1) is 13.4 Å². The Morgan fingerprint density at radius 2 is 1.00 bits per heavy atom. The summed E-state index contributed by atoms with van der Waals surface area (Å²) in [5, 5.41) is 0. The number of halogens is 16. The SMILES string of the molecule is C.C.C=COC(F)(F)F.COC(F)=C(F)F.FCC(F)(F)F.FCF.O=C(F)F.O=C(F)F. The lowest BCUT2D eigenvalue weighted by Gasteiger charge is -2.00. The van der Waals surface area contributed by atoms with Gasteiger partial charge in [0.1, 0.15) is 0 Å². The van der Waals surface area contributed by atoms with Crippen molar-refractivity contribution in [1.82, 2.24) is 0 Å². The monoisotopic (exact) mass is 542 g/mol. The second-order valence-corrected chi connectivity index (χ2v) is 2.77. The van der Waals surface area contributed by atoms with Crippen LogP contribution in [0.25, 0.3) is 0 Å². The van der Waals surface area contributed by atoms with Crippen molar-refractivity contribution in [2.24, 2.45) is 0 Å². The summed E-state index contributed by atoms with van der Waals surface area (Å²) in [5.74, 6) is 0. The molecule has 33 heavy (non-hydrogen) atoms. The Hall–Kier alpha value is -2.70. The minimum Gasteiger partial charge on any atom is -0.470 e. The maximum atomic E-state index is 11.2. The van der Waals surface area contributed by atoms with Crippen molar-refractivity contribution in [3.05, 3.63) is 24.9 Å². The molecule has 206 valence electrons. The van der Waals surface area contributed by atoms with Crippen LogP contribution in [0.15, 0.2) is 24.9 Å². The molecule has 0 heterocycles. The van der Waals surface area contributed by atoms with Crippen LogP contribution in [0.4, 0.5) is 79.8 Å². The van der Waals surface area contributed by atoms with Crippen molar-refractivity contribution in [2.75, 3.05) is 20.7 Å². The minimum atomic E-state index is -4.62. The van der Waals surface area contributed by atoms with Gasteiger partial charge >= 0.3 is 37.2 Å². The predicted molar refractivity (Wildman–Crippen MR) is 82.5 cm³/mol. The van der Waals surface area contributed by atoms with Crippen LogP contribution in [-0.4, -0.2) is 45.8 Å². The molecule has 0 aliphatic heterocycles. The number of ether oxygens (including phenoxy) is 2. The average Bonchev–Trinajstić information content (AvgIpc) is 2.53. The van der Waals surface area contributed by atoms with E-state index >= 15 is 0 Å². The van der Waals surface area contributed by atoms with Crippen molar-refractivity contribution < 1.29 is 89.3 Å². The van der Waals surface area contributed by atoms with E-state index in [-0.39, 0.29) is 14.9 Å². The van der Waals surface area contributed by atoms with Gasteiger partial charge in [0.2, 0.25) is 6.93 Å². The first-order valence-corrected chi connectivity index (χ1v) is 5.73. The van der Waals surface area contributed by atoms with Gasteiger partial charge in [-0.05, 0) is 0 Å². The van der Waals surface area contributed by atoms with Crippen molar-refractivity contribution in [3.8, 4) is 0 Å². The van der Waals surface area contributed by atoms with Gasteiger partial charge in [-0.2, -0.15) is 26.3 Å². The van der Waals surface area contributed by atoms with E-state index in [0.717, 1.165) is 7.11 Å². The maximum absolute atomic E-state index is 11.2. The fraction of sp³-hybridized carbons (Fsp3) is 0.538. The molecule has 0 aromatic carbocycles. The molecule has 0 unspecified atom stereocenters. The number of methoxy groups -OCH3 is 1. The van der Waals surface area contributed by atoms with Crippen LogP contribution in [0.5, 0.6) is 0 Å². The zero-order valence-corrected chi connectivity index (χ0v) is 14.4. The van der Waals surface area contributed by atoms with E-state index < -0.39 is 50.8 Å². The highest BCUT2D eigenvalue weighted by Gasteiger charge is 2.28. The highest BCUT2D eigenvalue weighted by molar-refractivity contribution is 5.56. The van der Waals surface area contributed by atoms with Gasteiger partial charge in [0.15, 0.2) is 6.67 Å². The summed E-state index contributed by atoms with van der Waals surface area (Å²) in [7, 11) is 0.828. The van der Waals surface area contributed by atoms with Crippen LogP contribution in [0.1, 0.15) is 14.9 Å². The van der Waals surface area contributed by atoms with Gasteiger partial charge in [-0.25, -0.2) is 22.8 Å². The quantitative estimate of drug-likeness (QED) is 0.199. The molecule has 0 saturated carbocycles. The van der Waals surface area contributed by atoms with E-state index in [9.17, 15) is 70.2 Å². The molecule has 0 bridgehead atoms. The minimum absolute atomic E-state index is 0. The second kappa shape index (κ2) is 33.9. The molecule has 0 spiro atoms. The number of carbonyl (C=O) groups excluding carboxylic acids is 2. The fourth-order valence-corrected chi connectivity index (χ4v) is 0.172. The summed E-state index contributed by atoms with van der Waals surface area (Å²) in [4.78, 5) is 16.2. The Bertz CT molecular complexity index is 438. The summed E-state index contributed by atoms with van der Waals surface area (Å²) < 4.78 is 171. The van der Waals surface area contributed by atoms with Crippen molar-refractivity contribution in [1.29, 1.82) is 0 Å². The van der Waals surface area contributed by atoms with Gasteiger partial charge < -0.3 is 9.47 Å². The van der Waals surface area contributed by atoms with Crippen LogP contribution in [0, 0.1) is 0 Å². The Morgan fingerprint density at radius 3 is 1.00 bits per heavy atom. The summed E-state index contributed by atoms with van der Waals surface area (Å²) in [6, 6.07) is -1.82. The Kier molecular flexibility index (Phi) is 53.8. The van der Waals surface area contributed by atoms with Crippen molar-refractivity contribution >= 4 is 12.6 Å². The third kappa shape index (κ3) is 206. The molecule has 20 heteroatoms. The molecular formula is C13H18F16O4. The molecule has 0 amide bonds. The zero-order chi connectivity index (χ0) is 26.8. The highest BCUT2D eigenvalue weighted by Crippen LogP contribution is 2.15. The number of carbonyl (C=O) groups is 2. The predicted octanol–water partition coefficient (Wildman–Crippen LogP) is 9.10. The molecule has 0 N–H and O–H groups in total. The topological polar surface area (TPSA) is 52.6 Å². The smallest absolute Gasteiger partial charge is 0.470 e. The van der Waals surface area contributed by atoms with E-state index in [4.69, 9.17) is 9.59 Å². The number of rotatable bonds is 2. The lowest BCUT2D eigenvalue weighted by molar-refractivity contribution is -0.297. The molecule has 0 aromatic heterocycles. The summed E-state index contributed by atoms with van der Waals surface area (Å²) in [6.07, 6.45) is -17.0. The van der Waals surface area contributed by atoms with Crippen molar-refractivity contribution in [3.63, 3.8) is 0 Å². The summed E-state index contributed by atoms with van der Waals surface area (Å²) in [5.41, 5.74) is 0. The van der Waals surface area contributed by atoms with E-state index in [2.05, 4.69) is 16.1 Å². The molecule has 4 nitrogen and oxygen atoms in total. The normalized spacial score (nSPS) is 8.27. The molecule has 0 saturated heterocycles. The first-order chi connectivity index (χ1) is 13.7. The van der Waals surface area contributed by atoms with Crippen LogP contribution < -0.4 is 0 Å². The van der Waals surface area contributed by atoms with E-state index in [1.54, 1.807) is 0 Å². The van der Waals surface area contributed by atoms with Gasteiger partial charge in [-0.1, -0.05) is 21.4 Å². The Labute approximate surface area is 176 Å². The van der Waals surface area contributed by atoms with Gasteiger partial charge in [-0.15, -0.1) is 30.7 Å². The van der Waals surface area contributed by atoms with Gasteiger partial charge in [0.25, 0.3) is 0 Å². The first kappa shape index (κ1) is 52.3. The molecule has 0 aromatic rings. The highest BCUT2D eigenvalue weighted by atomic mass is 19.4. The Morgan fingerprint density at radius 1 is 0.788 bits per heavy atom. The van der Waals surface area contributed by atoms with Crippen molar-refractivity contribution in [2.45, 2.75) is 27.4 Å². The largest absolute Gasteiger partial charge is 0.572 e. The zero-order valence-electron chi connectivity index (χ0n) is 14.4. The fourth-order valence-electron chi connectivity index (χ4n) is 0.172.